The maximum Gasteiger partial charge on any atom is 0.0490 e. The predicted octanol–water partition coefficient (Wildman–Crippen LogP) is 3.53. The minimum Gasteiger partial charge on any atom is -0.381 e. The Kier molecular flexibility index (Phi) is 4.36. The summed E-state index contributed by atoms with van der Waals surface area (Å²) in [5.74, 6) is 6.35. The number of hydrogen-bond acceptors (Lipinski definition) is 3. The normalized spacial score (nSPS) is 18.3. The average Bonchev–Trinajstić information content (AvgIpc) is 2.49. The number of nitrogens with two attached hydrogens (primary N) is 1. The highest BCUT2D eigenvalue weighted by Crippen LogP contribution is 2.31. The first-order valence-corrected chi connectivity index (χ1v) is 7.80. The number of hydrazine groups is 1. The van der Waals surface area contributed by atoms with Crippen LogP contribution in [-0.2, 0) is 4.74 Å². The molecule has 1 atom stereocenters. The van der Waals surface area contributed by atoms with Gasteiger partial charge in [0, 0.05) is 23.7 Å². The van der Waals surface area contributed by atoms with E-state index < -0.39 is 0 Å². The maximum atomic E-state index is 5.81. The van der Waals surface area contributed by atoms with Crippen LogP contribution in [0.4, 0.5) is 0 Å². The molecule has 1 fully saturated rings. The monoisotopic (exact) mass is 334 g/mol. The van der Waals surface area contributed by atoms with Crippen molar-refractivity contribution in [2.45, 2.75) is 18.9 Å². The summed E-state index contributed by atoms with van der Waals surface area (Å²) in [4.78, 5) is 0. The number of fused-ring (bicyclic) bond motifs is 1. The van der Waals surface area contributed by atoms with Crippen molar-refractivity contribution in [3.8, 4) is 0 Å². The number of ether oxygens (including phenoxy) is 1. The van der Waals surface area contributed by atoms with Crippen LogP contribution < -0.4 is 11.3 Å². The van der Waals surface area contributed by atoms with Crippen LogP contribution >= 0.6 is 15.9 Å². The average molecular weight is 335 g/mol. The van der Waals surface area contributed by atoms with Gasteiger partial charge in [-0.1, -0.05) is 34.1 Å². The zero-order valence-corrected chi connectivity index (χ0v) is 12.9. The van der Waals surface area contributed by atoms with Gasteiger partial charge in [-0.05, 0) is 53.3 Å². The molecule has 0 aromatic heterocycles. The summed E-state index contributed by atoms with van der Waals surface area (Å²) in [7, 11) is 0. The van der Waals surface area contributed by atoms with Crippen molar-refractivity contribution in [3.63, 3.8) is 0 Å². The summed E-state index contributed by atoms with van der Waals surface area (Å²) in [6.07, 6.45) is 2.13. The molecule has 1 aliphatic heterocycles. The SMILES string of the molecule is NNC(c1ccc2cc(Br)ccc2c1)C1CCOCC1. The minimum absolute atomic E-state index is 0.201. The summed E-state index contributed by atoms with van der Waals surface area (Å²) in [6.45, 7) is 1.67. The molecule has 3 N–H and O–H groups in total. The van der Waals surface area contributed by atoms with Crippen LogP contribution in [0.25, 0.3) is 10.8 Å². The molecular weight excluding hydrogens is 316 g/mol. The van der Waals surface area contributed by atoms with Crippen molar-refractivity contribution >= 4 is 26.7 Å². The molecule has 0 aliphatic carbocycles. The van der Waals surface area contributed by atoms with Crippen molar-refractivity contribution in [2.24, 2.45) is 11.8 Å². The predicted molar refractivity (Wildman–Crippen MR) is 85.3 cm³/mol. The van der Waals surface area contributed by atoms with Crippen LogP contribution in [0, 0.1) is 5.92 Å². The van der Waals surface area contributed by atoms with Gasteiger partial charge in [0.1, 0.15) is 0 Å². The van der Waals surface area contributed by atoms with E-state index in [0.29, 0.717) is 5.92 Å². The van der Waals surface area contributed by atoms with Gasteiger partial charge in [0.25, 0.3) is 0 Å². The highest BCUT2D eigenvalue weighted by atomic mass is 79.9. The van der Waals surface area contributed by atoms with Gasteiger partial charge >= 0.3 is 0 Å². The van der Waals surface area contributed by atoms with Crippen molar-refractivity contribution in [1.82, 2.24) is 5.43 Å². The Morgan fingerprint density at radius 3 is 2.55 bits per heavy atom. The molecule has 0 bridgehead atoms. The smallest absolute Gasteiger partial charge is 0.0490 e. The first-order chi connectivity index (χ1) is 9.78. The molecule has 2 aromatic carbocycles. The van der Waals surface area contributed by atoms with Crippen molar-refractivity contribution < 1.29 is 4.74 Å². The minimum atomic E-state index is 0.201. The molecule has 1 unspecified atom stereocenters. The Balaban J connectivity index is 1.92. The molecule has 1 heterocycles. The van der Waals surface area contributed by atoms with E-state index in [1.807, 2.05) is 0 Å². The van der Waals surface area contributed by atoms with Gasteiger partial charge < -0.3 is 4.74 Å². The molecule has 106 valence electrons. The molecule has 20 heavy (non-hydrogen) atoms. The van der Waals surface area contributed by atoms with E-state index in [9.17, 15) is 0 Å². The third-order valence-corrected chi connectivity index (χ3v) is 4.60. The highest BCUT2D eigenvalue weighted by molar-refractivity contribution is 9.10. The van der Waals surface area contributed by atoms with Crippen LogP contribution in [0.5, 0.6) is 0 Å². The summed E-state index contributed by atoms with van der Waals surface area (Å²) in [5, 5.41) is 2.49. The summed E-state index contributed by atoms with van der Waals surface area (Å²) < 4.78 is 6.55. The topological polar surface area (TPSA) is 47.3 Å². The first kappa shape index (κ1) is 14.0. The number of benzene rings is 2. The first-order valence-electron chi connectivity index (χ1n) is 7.01. The van der Waals surface area contributed by atoms with Gasteiger partial charge in [-0.25, -0.2) is 0 Å². The molecule has 0 spiro atoms. The summed E-state index contributed by atoms with van der Waals surface area (Å²) >= 11 is 3.51. The molecular formula is C16H19BrN2O. The van der Waals surface area contributed by atoms with Crippen LogP contribution in [0.3, 0.4) is 0 Å². The van der Waals surface area contributed by atoms with Crippen molar-refractivity contribution in [1.29, 1.82) is 0 Å². The Bertz CT molecular complexity index is 596. The Morgan fingerprint density at radius 1 is 1.10 bits per heavy atom. The molecule has 0 saturated carbocycles. The van der Waals surface area contributed by atoms with Gasteiger partial charge in [-0.2, -0.15) is 0 Å². The van der Waals surface area contributed by atoms with E-state index >= 15 is 0 Å². The van der Waals surface area contributed by atoms with E-state index in [4.69, 9.17) is 10.6 Å². The maximum absolute atomic E-state index is 5.81. The number of hydrogen-bond donors (Lipinski definition) is 2. The fourth-order valence-electron chi connectivity index (χ4n) is 2.98. The van der Waals surface area contributed by atoms with Gasteiger partial charge in [0.05, 0.1) is 0 Å². The Morgan fingerprint density at radius 2 is 1.80 bits per heavy atom. The lowest BCUT2D eigenvalue weighted by Gasteiger charge is -2.30. The molecule has 3 nitrogen and oxygen atoms in total. The second kappa shape index (κ2) is 6.22. The highest BCUT2D eigenvalue weighted by Gasteiger charge is 2.24. The van der Waals surface area contributed by atoms with E-state index in [1.165, 1.54) is 16.3 Å². The standard InChI is InChI=1S/C16H19BrN2O/c17-15-4-3-12-9-14(2-1-13(12)10-15)16(19-18)11-5-7-20-8-6-11/h1-4,9-11,16,19H,5-8,18H2. The van der Waals surface area contributed by atoms with Gasteiger partial charge in [-0.15, -0.1) is 0 Å². The zero-order chi connectivity index (χ0) is 13.9. The van der Waals surface area contributed by atoms with E-state index in [-0.39, 0.29) is 6.04 Å². The molecule has 2 aromatic rings. The van der Waals surface area contributed by atoms with Crippen LogP contribution in [-0.4, -0.2) is 13.2 Å². The molecule has 3 rings (SSSR count). The molecule has 1 saturated heterocycles. The second-order valence-electron chi connectivity index (χ2n) is 5.35. The van der Waals surface area contributed by atoms with Crippen LogP contribution in [0.1, 0.15) is 24.4 Å². The van der Waals surface area contributed by atoms with E-state index in [2.05, 4.69) is 57.8 Å². The van der Waals surface area contributed by atoms with E-state index in [0.717, 1.165) is 30.5 Å². The number of nitrogens with one attached hydrogen (secondary N) is 1. The van der Waals surface area contributed by atoms with Crippen molar-refractivity contribution in [3.05, 3.63) is 46.4 Å². The van der Waals surface area contributed by atoms with Gasteiger partial charge in [0.2, 0.25) is 0 Å². The number of rotatable bonds is 3. The fraction of sp³-hybridized carbons (Fsp3) is 0.375. The molecule has 0 amide bonds. The number of halogens is 1. The van der Waals surface area contributed by atoms with Gasteiger partial charge in [-0.3, -0.25) is 11.3 Å². The van der Waals surface area contributed by atoms with Crippen molar-refractivity contribution in [2.75, 3.05) is 13.2 Å². The van der Waals surface area contributed by atoms with E-state index in [1.54, 1.807) is 0 Å². The largest absolute Gasteiger partial charge is 0.381 e. The summed E-state index contributed by atoms with van der Waals surface area (Å²) in [6, 6.07) is 13.1. The summed E-state index contributed by atoms with van der Waals surface area (Å²) in [5.41, 5.74) is 4.26. The lowest BCUT2D eigenvalue weighted by molar-refractivity contribution is 0.0536. The third-order valence-electron chi connectivity index (χ3n) is 4.10. The Hall–Kier alpha value is -0.940. The molecule has 0 radical (unpaired) electrons. The molecule has 1 aliphatic rings. The van der Waals surface area contributed by atoms with Crippen LogP contribution in [0.2, 0.25) is 0 Å². The van der Waals surface area contributed by atoms with Crippen LogP contribution in [0.15, 0.2) is 40.9 Å². The lowest BCUT2D eigenvalue weighted by atomic mass is 9.87. The third kappa shape index (κ3) is 2.88. The molecule has 4 heteroatoms. The zero-order valence-electron chi connectivity index (χ0n) is 11.3. The fourth-order valence-corrected chi connectivity index (χ4v) is 3.36. The Labute approximate surface area is 127 Å². The lowest BCUT2D eigenvalue weighted by Crippen LogP contribution is -2.36. The second-order valence-corrected chi connectivity index (χ2v) is 6.26. The van der Waals surface area contributed by atoms with Gasteiger partial charge in [0.15, 0.2) is 0 Å². The quantitative estimate of drug-likeness (QED) is 0.666.